The van der Waals surface area contributed by atoms with Crippen LogP contribution in [0, 0.1) is 0 Å². The molecule has 0 aliphatic heterocycles. The molecule has 5 nitrogen and oxygen atoms in total. The van der Waals surface area contributed by atoms with E-state index in [4.69, 9.17) is 4.74 Å². The summed E-state index contributed by atoms with van der Waals surface area (Å²) in [5.41, 5.74) is 0.685. The summed E-state index contributed by atoms with van der Waals surface area (Å²) < 4.78 is 41.5. The molecule has 0 aromatic heterocycles. The lowest BCUT2D eigenvalue weighted by Gasteiger charge is -2.12. The molecule has 0 fully saturated rings. The highest BCUT2D eigenvalue weighted by Crippen LogP contribution is 2.18. The SMILES string of the molecule is C=CCO[C@H](C)C(=O)NCc1ccc(NC(=O)C(F)(F)F)cc1. The van der Waals surface area contributed by atoms with Gasteiger partial charge in [-0.25, -0.2) is 0 Å². The molecule has 0 bridgehead atoms. The predicted octanol–water partition coefficient (Wildman–Crippen LogP) is 2.39. The normalized spacial score (nSPS) is 12.3. The lowest BCUT2D eigenvalue weighted by molar-refractivity contribution is -0.167. The Labute approximate surface area is 131 Å². The van der Waals surface area contributed by atoms with Gasteiger partial charge in [-0.2, -0.15) is 13.2 Å². The molecule has 2 N–H and O–H groups in total. The van der Waals surface area contributed by atoms with Crippen molar-refractivity contribution in [3.05, 3.63) is 42.5 Å². The van der Waals surface area contributed by atoms with Crippen LogP contribution in [0.25, 0.3) is 0 Å². The van der Waals surface area contributed by atoms with Crippen molar-refractivity contribution in [1.29, 1.82) is 0 Å². The van der Waals surface area contributed by atoms with Crippen LogP contribution in [0.4, 0.5) is 18.9 Å². The Bertz CT molecular complexity index is 556. The van der Waals surface area contributed by atoms with Gasteiger partial charge in [-0.15, -0.1) is 6.58 Å². The van der Waals surface area contributed by atoms with Crippen LogP contribution in [0.2, 0.25) is 0 Å². The van der Waals surface area contributed by atoms with Crippen LogP contribution < -0.4 is 10.6 Å². The molecule has 0 saturated heterocycles. The van der Waals surface area contributed by atoms with Crippen LogP contribution in [-0.4, -0.2) is 30.7 Å². The number of rotatable bonds is 7. The van der Waals surface area contributed by atoms with Gasteiger partial charge in [0.05, 0.1) is 6.61 Å². The molecule has 8 heteroatoms. The lowest BCUT2D eigenvalue weighted by Crippen LogP contribution is -2.34. The summed E-state index contributed by atoms with van der Waals surface area (Å²) in [6, 6.07) is 5.65. The molecule has 0 unspecified atom stereocenters. The van der Waals surface area contributed by atoms with E-state index < -0.39 is 18.2 Å². The molecule has 126 valence electrons. The number of benzene rings is 1. The van der Waals surface area contributed by atoms with Crippen molar-refractivity contribution < 1.29 is 27.5 Å². The van der Waals surface area contributed by atoms with E-state index in [1.165, 1.54) is 30.3 Å². The second kappa shape index (κ2) is 8.33. The highest BCUT2D eigenvalue weighted by atomic mass is 19.4. The van der Waals surface area contributed by atoms with Crippen molar-refractivity contribution in [1.82, 2.24) is 5.32 Å². The van der Waals surface area contributed by atoms with Crippen LogP contribution in [0.15, 0.2) is 36.9 Å². The Kier molecular flexibility index (Phi) is 6.77. The topological polar surface area (TPSA) is 67.4 Å². The lowest BCUT2D eigenvalue weighted by atomic mass is 10.2. The molecule has 0 saturated carbocycles. The first kappa shape index (κ1) is 18.7. The minimum absolute atomic E-state index is 0.0186. The molecule has 0 aliphatic carbocycles. The third-order valence-corrected chi connectivity index (χ3v) is 2.77. The number of hydrogen-bond acceptors (Lipinski definition) is 3. The summed E-state index contributed by atoms with van der Waals surface area (Å²) in [7, 11) is 0. The van der Waals surface area contributed by atoms with E-state index in [0.717, 1.165) is 0 Å². The van der Waals surface area contributed by atoms with Crippen molar-refractivity contribution in [3.63, 3.8) is 0 Å². The fourth-order valence-electron chi connectivity index (χ4n) is 1.53. The second-order valence-corrected chi connectivity index (χ2v) is 4.63. The summed E-state index contributed by atoms with van der Waals surface area (Å²) >= 11 is 0. The third-order valence-electron chi connectivity index (χ3n) is 2.77. The highest BCUT2D eigenvalue weighted by molar-refractivity contribution is 5.94. The number of ether oxygens (including phenoxy) is 1. The first-order valence-corrected chi connectivity index (χ1v) is 6.71. The van der Waals surface area contributed by atoms with Crippen LogP contribution in [0.3, 0.4) is 0 Å². The fraction of sp³-hybridized carbons (Fsp3) is 0.333. The third kappa shape index (κ3) is 6.52. The fourth-order valence-corrected chi connectivity index (χ4v) is 1.53. The van der Waals surface area contributed by atoms with Crippen LogP contribution in [0.1, 0.15) is 12.5 Å². The van der Waals surface area contributed by atoms with E-state index in [-0.39, 0.29) is 24.7 Å². The molecule has 0 aliphatic rings. The Balaban J connectivity index is 2.50. The van der Waals surface area contributed by atoms with Gasteiger partial charge < -0.3 is 15.4 Å². The average molecular weight is 330 g/mol. The molecule has 0 heterocycles. The van der Waals surface area contributed by atoms with Crippen molar-refractivity contribution in [2.75, 3.05) is 11.9 Å². The number of amides is 2. The molecule has 1 rings (SSSR count). The Morgan fingerprint density at radius 1 is 1.30 bits per heavy atom. The highest BCUT2D eigenvalue weighted by Gasteiger charge is 2.38. The molecule has 23 heavy (non-hydrogen) atoms. The average Bonchev–Trinajstić information content (AvgIpc) is 2.50. The number of carbonyl (C=O) groups excluding carboxylic acids is 2. The van der Waals surface area contributed by atoms with E-state index in [1.807, 2.05) is 0 Å². The first-order valence-electron chi connectivity index (χ1n) is 6.71. The molecule has 0 radical (unpaired) electrons. The second-order valence-electron chi connectivity index (χ2n) is 4.63. The summed E-state index contributed by atoms with van der Waals surface area (Å²) in [4.78, 5) is 22.5. The van der Waals surface area contributed by atoms with Crippen molar-refractivity contribution in [2.45, 2.75) is 25.7 Å². The van der Waals surface area contributed by atoms with Gasteiger partial charge in [-0.3, -0.25) is 9.59 Å². The molecule has 2 amide bonds. The van der Waals surface area contributed by atoms with Crippen molar-refractivity contribution in [3.8, 4) is 0 Å². The van der Waals surface area contributed by atoms with Gasteiger partial charge in [0.15, 0.2) is 0 Å². The number of halogens is 3. The zero-order valence-electron chi connectivity index (χ0n) is 12.4. The summed E-state index contributed by atoms with van der Waals surface area (Å²) in [6.45, 7) is 5.50. The van der Waals surface area contributed by atoms with Gasteiger partial charge in [0, 0.05) is 12.2 Å². The maximum atomic E-state index is 12.1. The van der Waals surface area contributed by atoms with Crippen LogP contribution in [0.5, 0.6) is 0 Å². The van der Waals surface area contributed by atoms with Crippen molar-refractivity contribution >= 4 is 17.5 Å². The van der Waals surface area contributed by atoms with Gasteiger partial charge in [0.25, 0.3) is 0 Å². The summed E-state index contributed by atoms with van der Waals surface area (Å²) in [6.07, 6.45) is -4.05. The van der Waals surface area contributed by atoms with E-state index in [9.17, 15) is 22.8 Å². The molecular formula is C15H17F3N2O3. The van der Waals surface area contributed by atoms with Crippen LogP contribution >= 0.6 is 0 Å². The standard InChI is InChI=1S/C15H17F3N2O3/c1-3-8-23-10(2)13(21)19-9-11-4-6-12(7-5-11)20-14(22)15(16,17)18/h3-7,10H,1,8-9H2,2H3,(H,19,21)(H,20,22)/t10-/m1/s1. The Morgan fingerprint density at radius 2 is 1.91 bits per heavy atom. The molecule has 1 aromatic carbocycles. The van der Waals surface area contributed by atoms with Crippen LogP contribution in [-0.2, 0) is 20.9 Å². The molecule has 0 spiro atoms. The zero-order valence-corrected chi connectivity index (χ0v) is 12.4. The number of carbonyl (C=O) groups is 2. The minimum Gasteiger partial charge on any atom is -0.365 e. The zero-order chi connectivity index (χ0) is 17.5. The first-order chi connectivity index (χ1) is 10.7. The van der Waals surface area contributed by atoms with E-state index in [0.29, 0.717) is 5.56 Å². The van der Waals surface area contributed by atoms with Gasteiger partial charge in [0.1, 0.15) is 6.10 Å². The molecular weight excluding hydrogens is 313 g/mol. The Hall–Kier alpha value is -2.35. The minimum atomic E-state index is -4.94. The maximum absolute atomic E-state index is 12.1. The number of hydrogen-bond donors (Lipinski definition) is 2. The molecule has 1 aromatic rings. The monoisotopic (exact) mass is 330 g/mol. The largest absolute Gasteiger partial charge is 0.471 e. The summed E-state index contributed by atoms with van der Waals surface area (Å²) in [5, 5.41) is 4.36. The number of nitrogens with one attached hydrogen (secondary N) is 2. The van der Waals surface area contributed by atoms with Gasteiger partial charge in [-0.1, -0.05) is 18.2 Å². The number of anilines is 1. The quantitative estimate of drug-likeness (QED) is 0.755. The number of alkyl halides is 3. The molecule has 1 atom stereocenters. The van der Waals surface area contributed by atoms with Gasteiger partial charge in [-0.05, 0) is 24.6 Å². The smallest absolute Gasteiger partial charge is 0.365 e. The van der Waals surface area contributed by atoms with Gasteiger partial charge in [0.2, 0.25) is 5.91 Å². The maximum Gasteiger partial charge on any atom is 0.471 e. The Morgan fingerprint density at radius 3 is 2.43 bits per heavy atom. The van der Waals surface area contributed by atoms with E-state index in [2.05, 4.69) is 11.9 Å². The van der Waals surface area contributed by atoms with Crippen molar-refractivity contribution in [2.24, 2.45) is 0 Å². The van der Waals surface area contributed by atoms with Gasteiger partial charge >= 0.3 is 12.1 Å². The summed E-state index contributed by atoms with van der Waals surface area (Å²) in [5.74, 6) is -2.35. The van der Waals surface area contributed by atoms with E-state index in [1.54, 1.807) is 12.2 Å². The van der Waals surface area contributed by atoms with E-state index >= 15 is 0 Å². The predicted molar refractivity (Wildman–Crippen MR) is 78.6 cm³/mol.